The molecule has 0 amide bonds. The van der Waals surface area contributed by atoms with Gasteiger partial charge in [0.05, 0.1) is 4.90 Å². The monoisotopic (exact) mass is 212 g/mol. The van der Waals surface area contributed by atoms with E-state index in [9.17, 15) is 8.60 Å². The van der Waals surface area contributed by atoms with Crippen molar-refractivity contribution in [2.45, 2.75) is 4.90 Å². The molecule has 0 bridgehead atoms. The summed E-state index contributed by atoms with van der Waals surface area (Å²) in [5.41, 5.74) is 0. The highest BCUT2D eigenvalue weighted by atomic mass is 32.2. The van der Waals surface area contributed by atoms with E-state index < -0.39 is 15.7 Å². The highest BCUT2D eigenvalue weighted by molar-refractivity contribution is 7.91. The van der Waals surface area contributed by atoms with Gasteiger partial charge >= 0.3 is 0 Å². The maximum Gasteiger partial charge on any atom is 0.135 e. The van der Waals surface area contributed by atoms with Gasteiger partial charge in [0.1, 0.15) is 22.3 Å². The first-order chi connectivity index (χ1) is 6.56. The molecule has 1 aromatic rings. The fourth-order valence-electron chi connectivity index (χ4n) is 0.837. The maximum atomic E-state index is 12.5. The van der Waals surface area contributed by atoms with Crippen molar-refractivity contribution in [2.75, 3.05) is 6.54 Å². The average molecular weight is 212 g/mol. The molecule has 1 aromatic carbocycles. The Hall–Kier alpha value is -1.38. The molecule has 2 N–H and O–H groups in total. The lowest BCUT2D eigenvalue weighted by atomic mass is 10.4. The Morgan fingerprint density at radius 1 is 1.50 bits per heavy atom. The van der Waals surface area contributed by atoms with Crippen LogP contribution in [0.4, 0.5) is 4.39 Å². The lowest BCUT2D eigenvalue weighted by Gasteiger charge is -2.02. The Balaban J connectivity index is 3.12. The van der Waals surface area contributed by atoms with Crippen LogP contribution in [-0.4, -0.2) is 10.8 Å². The largest absolute Gasteiger partial charge is 0.241 e. The highest BCUT2D eigenvalue weighted by Crippen LogP contribution is 2.09. The van der Waals surface area contributed by atoms with Crippen LogP contribution < -0.4 is 5.14 Å². The van der Waals surface area contributed by atoms with Crippen LogP contribution in [0.2, 0.25) is 0 Å². The summed E-state index contributed by atoms with van der Waals surface area (Å²) in [5.74, 6) is 1.79. The van der Waals surface area contributed by atoms with E-state index >= 15 is 0 Å². The standard InChI is InChI=1S/C9H9FN2OS/c1-2-7-12-14(11,13)9-5-3-8(10)4-6-9/h1,3-6H,7H2,(H2,11,12,13). The first-order valence-electron chi connectivity index (χ1n) is 3.76. The van der Waals surface area contributed by atoms with Gasteiger partial charge < -0.3 is 0 Å². The van der Waals surface area contributed by atoms with Crippen molar-refractivity contribution in [3.05, 3.63) is 30.1 Å². The van der Waals surface area contributed by atoms with Crippen LogP contribution in [0.5, 0.6) is 0 Å². The maximum absolute atomic E-state index is 12.5. The van der Waals surface area contributed by atoms with E-state index in [1.165, 1.54) is 24.3 Å². The Kier molecular flexibility index (Phi) is 3.23. The molecular formula is C9H9FN2OS. The quantitative estimate of drug-likeness (QED) is 0.735. The molecule has 74 valence electrons. The lowest BCUT2D eigenvalue weighted by Crippen LogP contribution is -2.12. The van der Waals surface area contributed by atoms with Gasteiger partial charge in [-0.25, -0.2) is 18.1 Å². The normalized spacial score (nSPS) is 14.1. The topological polar surface area (TPSA) is 55.4 Å². The number of nitrogens with zero attached hydrogens (tertiary/aromatic N) is 1. The lowest BCUT2D eigenvalue weighted by molar-refractivity contribution is 0.626. The zero-order valence-corrected chi connectivity index (χ0v) is 8.13. The molecule has 1 atom stereocenters. The number of terminal acetylenes is 1. The third kappa shape index (κ3) is 2.55. The van der Waals surface area contributed by atoms with Gasteiger partial charge in [-0.1, -0.05) is 5.92 Å². The van der Waals surface area contributed by atoms with Gasteiger partial charge in [-0.05, 0) is 24.3 Å². The summed E-state index contributed by atoms with van der Waals surface area (Å²) < 4.78 is 27.8. The zero-order chi connectivity index (χ0) is 10.6. The molecule has 14 heavy (non-hydrogen) atoms. The van der Waals surface area contributed by atoms with E-state index in [-0.39, 0.29) is 11.4 Å². The van der Waals surface area contributed by atoms with Gasteiger partial charge in [0.25, 0.3) is 0 Å². The number of nitrogens with two attached hydrogens (primary N) is 1. The van der Waals surface area contributed by atoms with Crippen LogP contribution in [-0.2, 0) is 9.92 Å². The van der Waals surface area contributed by atoms with E-state index in [1.807, 2.05) is 0 Å². The third-order valence-corrected chi connectivity index (χ3v) is 2.96. The number of hydrogen-bond acceptors (Lipinski definition) is 2. The fraction of sp³-hybridized carbons (Fsp3) is 0.111. The van der Waals surface area contributed by atoms with Crippen LogP contribution in [0.15, 0.2) is 33.5 Å². The molecule has 0 fully saturated rings. The van der Waals surface area contributed by atoms with Crippen molar-refractivity contribution in [3.8, 4) is 12.3 Å². The summed E-state index contributed by atoms with van der Waals surface area (Å²) in [6, 6.07) is 5.01. The number of hydrogen-bond donors (Lipinski definition) is 1. The molecule has 3 nitrogen and oxygen atoms in total. The molecule has 0 saturated heterocycles. The van der Waals surface area contributed by atoms with E-state index in [2.05, 4.69) is 10.3 Å². The summed E-state index contributed by atoms with van der Waals surface area (Å²) in [5, 5.41) is 5.42. The van der Waals surface area contributed by atoms with E-state index in [1.54, 1.807) is 0 Å². The summed E-state index contributed by atoms with van der Waals surface area (Å²) in [6.45, 7) is -0.0211. The van der Waals surface area contributed by atoms with Crippen LogP contribution in [0.3, 0.4) is 0 Å². The molecule has 0 aliphatic carbocycles. The second kappa shape index (κ2) is 4.22. The Labute approximate surface area is 82.4 Å². The van der Waals surface area contributed by atoms with Crippen molar-refractivity contribution >= 4 is 9.92 Å². The van der Waals surface area contributed by atoms with E-state index in [0.717, 1.165) is 0 Å². The molecule has 0 spiro atoms. The van der Waals surface area contributed by atoms with Gasteiger partial charge in [-0.15, -0.1) is 6.42 Å². The van der Waals surface area contributed by atoms with Gasteiger partial charge in [0.2, 0.25) is 0 Å². The molecule has 0 aromatic heterocycles. The summed E-state index contributed by atoms with van der Waals surface area (Å²) >= 11 is 0. The summed E-state index contributed by atoms with van der Waals surface area (Å²) in [4.78, 5) is 0.272. The molecule has 0 aliphatic rings. The Bertz CT molecular complexity index is 467. The van der Waals surface area contributed by atoms with Crippen LogP contribution >= 0.6 is 0 Å². The summed E-state index contributed by atoms with van der Waals surface area (Å²) in [7, 11) is -2.97. The molecule has 0 heterocycles. The molecule has 0 radical (unpaired) electrons. The second-order valence-electron chi connectivity index (χ2n) is 2.51. The molecule has 0 saturated carbocycles. The number of rotatable bonds is 2. The minimum absolute atomic E-state index is 0.0211. The zero-order valence-electron chi connectivity index (χ0n) is 7.31. The first-order valence-corrected chi connectivity index (χ1v) is 5.34. The molecular weight excluding hydrogens is 203 g/mol. The minimum Gasteiger partial charge on any atom is -0.241 e. The van der Waals surface area contributed by atoms with Crippen molar-refractivity contribution in [1.82, 2.24) is 0 Å². The van der Waals surface area contributed by atoms with Crippen LogP contribution in [0.1, 0.15) is 0 Å². The third-order valence-electron chi connectivity index (χ3n) is 1.50. The second-order valence-corrected chi connectivity index (χ2v) is 4.38. The van der Waals surface area contributed by atoms with Crippen molar-refractivity contribution in [3.63, 3.8) is 0 Å². The van der Waals surface area contributed by atoms with Gasteiger partial charge in [-0.2, -0.15) is 0 Å². The van der Waals surface area contributed by atoms with Crippen molar-refractivity contribution in [1.29, 1.82) is 0 Å². The predicted octanol–water partition coefficient (Wildman–Crippen LogP) is 1.16. The van der Waals surface area contributed by atoms with Gasteiger partial charge in [-0.3, -0.25) is 0 Å². The molecule has 1 unspecified atom stereocenters. The summed E-state index contributed by atoms with van der Waals surface area (Å²) in [6.07, 6.45) is 4.95. The van der Waals surface area contributed by atoms with Crippen LogP contribution in [0.25, 0.3) is 0 Å². The Morgan fingerprint density at radius 3 is 2.57 bits per heavy atom. The first kappa shape index (κ1) is 10.7. The smallest absolute Gasteiger partial charge is 0.135 e. The highest BCUT2D eigenvalue weighted by Gasteiger charge is 2.05. The average Bonchev–Trinajstić information content (AvgIpc) is 2.16. The van der Waals surface area contributed by atoms with Crippen molar-refractivity contribution in [2.24, 2.45) is 9.50 Å². The molecule has 1 rings (SSSR count). The molecule has 0 aliphatic heterocycles. The van der Waals surface area contributed by atoms with Gasteiger partial charge in [0, 0.05) is 0 Å². The predicted molar refractivity (Wildman–Crippen MR) is 53.1 cm³/mol. The minimum atomic E-state index is -2.97. The molecule has 5 heteroatoms. The number of benzene rings is 1. The number of halogens is 1. The Morgan fingerprint density at radius 2 is 2.07 bits per heavy atom. The van der Waals surface area contributed by atoms with E-state index in [4.69, 9.17) is 11.6 Å². The van der Waals surface area contributed by atoms with Gasteiger partial charge in [0.15, 0.2) is 0 Å². The van der Waals surface area contributed by atoms with Crippen molar-refractivity contribution < 1.29 is 8.60 Å². The fourth-order valence-corrected chi connectivity index (χ4v) is 1.78. The van der Waals surface area contributed by atoms with E-state index in [0.29, 0.717) is 0 Å². The van der Waals surface area contributed by atoms with Crippen LogP contribution in [0, 0.1) is 18.2 Å². The SMILES string of the molecule is C#CCN=S(N)(=O)c1ccc(F)cc1.